The van der Waals surface area contributed by atoms with Crippen LogP contribution in [0.3, 0.4) is 0 Å². The topological polar surface area (TPSA) is 62.6 Å². The molecule has 0 fully saturated rings. The molecular formula is C21H17N3O2S. The van der Waals surface area contributed by atoms with Crippen molar-refractivity contribution >= 4 is 35.2 Å². The second-order valence-corrected chi connectivity index (χ2v) is 7.20. The van der Waals surface area contributed by atoms with Gasteiger partial charge in [0, 0.05) is 22.9 Å². The van der Waals surface area contributed by atoms with E-state index in [0.29, 0.717) is 16.9 Å². The number of hydrogen-bond donors (Lipinski definition) is 0. The van der Waals surface area contributed by atoms with Gasteiger partial charge in [-0.05, 0) is 42.1 Å². The maximum Gasteiger partial charge on any atom is 0.266 e. The summed E-state index contributed by atoms with van der Waals surface area (Å²) in [6.45, 7) is 1.99. The van der Waals surface area contributed by atoms with Gasteiger partial charge in [-0.2, -0.15) is 0 Å². The lowest BCUT2D eigenvalue weighted by molar-refractivity contribution is -0.118. The van der Waals surface area contributed by atoms with E-state index in [9.17, 15) is 9.59 Å². The van der Waals surface area contributed by atoms with Crippen LogP contribution >= 0.6 is 11.3 Å². The van der Waals surface area contributed by atoms with Gasteiger partial charge in [-0.25, -0.2) is 9.88 Å². The van der Waals surface area contributed by atoms with Gasteiger partial charge in [0.1, 0.15) is 5.82 Å². The first-order chi connectivity index (χ1) is 13.2. The van der Waals surface area contributed by atoms with Crippen molar-refractivity contribution in [3.05, 3.63) is 82.2 Å². The molecule has 0 saturated carbocycles. The number of pyridine rings is 1. The van der Waals surface area contributed by atoms with Crippen LogP contribution in [0.25, 0.3) is 0 Å². The predicted molar refractivity (Wildman–Crippen MR) is 106 cm³/mol. The lowest BCUT2D eigenvalue weighted by atomic mass is 9.89. The van der Waals surface area contributed by atoms with Crippen LogP contribution in [0, 0.1) is 0 Å². The summed E-state index contributed by atoms with van der Waals surface area (Å²) in [5.41, 5.74) is 1.18. The molecule has 2 amide bonds. The number of hydrogen-bond acceptors (Lipinski definition) is 5. The summed E-state index contributed by atoms with van der Waals surface area (Å²) < 4.78 is 0. The number of aromatic nitrogens is 1. The molecule has 1 aromatic carbocycles. The highest BCUT2D eigenvalue weighted by molar-refractivity contribution is 7.10. The van der Waals surface area contributed by atoms with Gasteiger partial charge in [-0.1, -0.05) is 30.3 Å². The Hall–Kier alpha value is -3.12. The Morgan fingerprint density at radius 1 is 1.11 bits per heavy atom. The first-order valence-corrected chi connectivity index (χ1v) is 9.49. The Balaban J connectivity index is 1.74. The van der Waals surface area contributed by atoms with Crippen LogP contribution < -0.4 is 4.90 Å². The highest BCUT2D eigenvalue weighted by Crippen LogP contribution is 2.31. The number of rotatable bonds is 4. The standard InChI is InChI=1S/C21H17N3O2S/c1-14(18-9-6-12-27-18)23-13-17-15-7-2-3-8-16(15)20(25)24(21(17)26)19-10-4-5-11-22-19/h2-14,17H,1H3/t14-,17?/m1/s1. The van der Waals surface area contributed by atoms with Gasteiger partial charge in [0.25, 0.3) is 5.91 Å². The highest BCUT2D eigenvalue weighted by atomic mass is 32.1. The van der Waals surface area contributed by atoms with Crippen LogP contribution in [0.1, 0.15) is 39.7 Å². The minimum absolute atomic E-state index is 0.0501. The van der Waals surface area contributed by atoms with Crippen molar-refractivity contribution in [2.45, 2.75) is 18.9 Å². The lowest BCUT2D eigenvalue weighted by Crippen LogP contribution is -2.46. The summed E-state index contributed by atoms with van der Waals surface area (Å²) in [4.78, 5) is 37.2. The molecule has 5 nitrogen and oxygen atoms in total. The number of nitrogens with zero attached hydrogens (tertiary/aromatic N) is 3. The molecule has 0 aliphatic carbocycles. The lowest BCUT2D eigenvalue weighted by Gasteiger charge is -2.30. The predicted octanol–water partition coefficient (Wildman–Crippen LogP) is 4.25. The number of imide groups is 1. The largest absolute Gasteiger partial charge is 0.288 e. The third-order valence-corrected chi connectivity index (χ3v) is 5.55. The van der Waals surface area contributed by atoms with E-state index >= 15 is 0 Å². The van der Waals surface area contributed by atoms with Crippen molar-refractivity contribution in [2.75, 3.05) is 4.90 Å². The van der Waals surface area contributed by atoms with E-state index in [2.05, 4.69) is 9.98 Å². The van der Waals surface area contributed by atoms with E-state index in [1.54, 1.807) is 54.1 Å². The third kappa shape index (κ3) is 3.19. The van der Waals surface area contributed by atoms with Crippen molar-refractivity contribution in [2.24, 2.45) is 4.99 Å². The maximum absolute atomic E-state index is 13.2. The van der Waals surface area contributed by atoms with Crippen molar-refractivity contribution in [3.63, 3.8) is 0 Å². The number of aliphatic imine (C=N–C) groups is 1. The minimum atomic E-state index is -0.622. The van der Waals surface area contributed by atoms with Gasteiger partial charge in [0.2, 0.25) is 5.91 Å². The number of anilines is 1. The van der Waals surface area contributed by atoms with Gasteiger partial charge in [-0.3, -0.25) is 14.6 Å². The minimum Gasteiger partial charge on any atom is -0.288 e. The first kappa shape index (κ1) is 17.3. The Kier molecular flexibility index (Phi) is 4.64. The smallest absolute Gasteiger partial charge is 0.266 e. The summed E-state index contributed by atoms with van der Waals surface area (Å²) >= 11 is 1.63. The molecule has 3 aromatic rings. The molecule has 1 aliphatic rings. The average Bonchev–Trinajstić information content (AvgIpc) is 3.24. The molecule has 27 heavy (non-hydrogen) atoms. The fourth-order valence-electron chi connectivity index (χ4n) is 3.12. The fourth-order valence-corrected chi connectivity index (χ4v) is 3.85. The van der Waals surface area contributed by atoms with Gasteiger partial charge < -0.3 is 0 Å². The van der Waals surface area contributed by atoms with E-state index < -0.39 is 5.92 Å². The van der Waals surface area contributed by atoms with Crippen LogP contribution in [0.15, 0.2) is 71.2 Å². The molecule has 3 heterocycles. The zero-order chi connectivity index (χ0) is 18.8. The Labute approximate surface area is 161 Å². The SMILES string of the molecule is C[C@@H](N=CC1C(=O)N(c2ccccn2)C(=O)c2ccccc21)c1cccs1. The number of fused-ring (bicyclic) bond motifs is 1. The zero-order valence-electron chi connectivity index (χ0n) is 14.6. The highest BCUT2D eigenvalue weighted by Gasteiger charge is 2.39. The van der Waals surface area contributed by atoms with E-state index in [-0.39, 0.29) is 17.9 Å². The van der Waals surface area contributed by atoms with Crippen molar-refractivity contribution < 1.29 is 9.59 Å². The summed E-state index contributed by atoms with van der Waals surface area (Å²) in [6.07, 6.45) is 3.23. The van der Waals surface area contributed by atoms with Gasteiger partial charge >= 0.3 is 0 Å². The van der Waals surface area contributed by atoms with Crippen molar-refractivity contribution in [1.82, 2.24) is 4.98 Å². The average molecular weight is 375 g/mol. The molecule has 1 aliphatic heterocycles. The number of benzene rings is 1. The zero-order valence-corrected chi connectivity index (χ0v) is 15.5. The molecule has 1 unspecified atom stereocenters. The quantitative estimate of drug-likeness (QED) is 0.506. The summed E-state index contributed by atoms with van der Waals surface area (Å²) in [6, 6.07) is 16.3. The maximum atomic E-state index is 13.2. The number of carbonyl (C=O) groups is 2. The molecule has 6 heteroatoms. The Morgan fingerprint density at radius 3 is 2.67 bits per heavy atom. The summed E-state index contributed by atoms with van der Waals surface area (Å²) in [5.74, 6) is -0.986. The third-order valence-electron chi connectivity index (χ3n) is 4.51. The fraction of sp³-hybridized carbons (Fsp3) is 0.143. The molecule has 0 radical (unpaired) electrons. The van der Waals surface area contributed by atoms with Crippen LogP contribution in [0.4, 0.5) is 5.82 Å². The molecular weight excluding hydrogens is 358 g/mol. The van der Waals surface area contributed by atoms with Gasteiger partial charge in [-0.15, -0.1) is 11.3 Å². The monoisotopic (exact) mass is 375 g/mol. The molecule has 2 aromatic heterocycles. The van der Waals surface area contributed by atoms with Gasteiger partial charge in [0.05, 0.1) is 12.0 Å². The number of carbonyl (C=O) groups excluding carboxylic acids is 2. The normalized spacial score (nSPS) is 18.0. The van der Waals surface area contributed by atoms with Crippen LogP contribution in [0.2, 0.25) is 0 Å². The van der Waals surface area contributed by atoms with Crippen LogP contribution in [-0.2, 0) is 4.79 Å². The Bertz CT molecular complexity index is 999. The molecule has 4 rings (SSSR count). The van der Waals surface area contributed by atoms with E-state index in [1.807, 2.05) is 36.6 Å². The molecule has 134 valence electrons. The van der Waals surface area contributed by atoms with E-state index in [4.69, 9.17) is 0 Å². The molecule has 0 spiro atoms. The molecule has 0 saturated heterocycles. The number of thiophene rings is 1. The Morgan fingerprint density at radius 2 is 1.93 bits per heavy atom. The van der Waals surface area contributed by atoms with Crippen molar-refractivity contribution in [3.8, 4) is 0 Å². The number of amides is 2. The second-order valence-electron chi connectivity index (χ2n) is 6.22. The second kappa shape index (κ2) is 7.25. The van der Waals surface area contributed by atoms with Gasteiger partial charge in [0.15, 0.2) is 0 Å². The van der Waals surface area contributed by atoms with Crippen LogP contribution in [-0.4, -0.2) is 23.0 Å². The molecule has 0 N–H and O–H groups in total. The first-order valence-electron chi connectivity index (χ1n) is 8.62. The van der Waals surface area contributed by atoms with E-state index in [1.165, 1.54) is 0 Å². The molecule has 2 atom stereocenters. The summed E-state index contributed by atoms with van der Waals surface area (Å²) in [7, 11) is 0. The summed E-state index contributed by atoms with van der Waals surface area (Å²) in [5, 5.41) is 2.00. The van der Waals surface area contributed by atoms with Crippen molar-refractivity contribution in [1.29, 1.82) is 0 Å². The van der Waals surface area contributed by atoms with Crippen LogP contribution in [0.5, 0.6) is 0 Å². The van der Waals surface area contributed by atoms with E-state index in [0.717, 1.165) is 9.78 Å². The molecule has 0 bridgehead atoms.